The van der Waals surface area contributed by atoms with Crippen LogP contribution >= 0.6 is 0 Å². The fraction of sp³-hybridized carbons (Fsp3) is 0.643. The van der Waals surface area contributed by atoms with Crippen LogP contribution in [0.5, 0.6) is 5.88 Å². The van der Waals surface area contributed by atoms with E-state index in [1.54, 1.807) is 19.2 Å². The highest BCUT2D eigenvalue weighted by Gasteiger charge is 2.41. The van der Waals surface area contributed by atoms with Crippen molar-refractivity contribution in [3.05, 3.63) is 17.8 Å². The van der Waals surface area contributed by atoms with E-state index in [4.69, 9.17) is 4.74 Å². The minimum atomic E-state index is 0.108. The molecule has 0 aliphatic carbocycles. The largest absolute Gasteiger partial charge is 0.480 e. The van der Waals surface area contributed by atoms with E-state index in [1.165, 1.54) is 12.8 Å². The normalized spacial score (nSPS) is 30.3. The number of methoxy groups -OCH3 is 1. The van der Waals surface area contributed by atoms with Crippen LogP contribution in [0.25, 0.3) is 0 Å². The van der Waals surface area contributed by atoms with Crippen LogP contribution in [0.15, 0.2) is 12.1 Å². The van der Waals surface area contributed by atoms with E-state index in [9.17, 15) is 4.79 Å². The van der Waals surface area contributed by atoms with E-state index >= 15 is 0 Å². The van der Waals surface area contributed by atoms with Crippen LogP contribution in [0, 0.1) is 5.92 Å². The quantitative estimate of drug-likeness (QED) is 0.773. The maximum Gasteiger partial charge on any atom is 0.233 e. The predicted octanol–water partition coefficient (Wildman–Crippen LogP) is 1.54. The van der Waals surface area contributed by atoms with Gasteiger partial charge in [-0.2, -0.15) is 0 Å². The monoisotopic (exact) mass is 261 g/mol. The highest BCUT2D eigenvalue weighted by atomic mass is 16.5. The van der Waals surface area contributed by atoms with Gasteiger partial charge in [0.05, 0.1) is 7.11 Å². The number of aromatic nitrogens is 2. The molecule has 1 aromatic heterocycles. The van der Waals surface area contributed by atoms with Crippen molar-refractivity contribution in [1.29, 1.82) is 0 Å². The molecule has 2 fully saturated rings. The van der Waals surface area contributed by atoms with Crippen LogP contribution in [-0.2, 0) is 0 Å². The lowest BCUT2D eigenvalue weighted by atomic mass is 9.86. The molecule has 3 heterocycles. The van der Waals surface area contributed by atoms with Crippen molar-refractivity contribution in [3.63, 3.8) is 0 Å². The summed E-state index contributed by atoms with van der Waals surface area (Å²) in [5.41, 5.74) is 0.467. The number of rotatable bonds is 3. The Bertz CT molecular complexity index is 460. The van der Waals surface area contributed by atoms with E-state index in [0.29, 0.717) is 23.7 Å². The van der Waals surface area contributed by atoms with Gasteiger partial charge in [0, 0.05) is 24.1 Å². The number of hydrogen-bond donors (Lipinski definition) is 0. The molecule has 3 rings (SSSR count). The minimum absolute atomic E-state index is 0.108. The summed E-state index contributed by atoms with van der Waals surface area (Å²) in [6.45, 7) is 0. The zero-order valence-corrected chi connectivity index (χ0v) is 11.4. The van der Waals surface area contributed by atoms with Gasteiger partial charge in [0.25, 0.3) is 0 Å². The highest BCUT2D eigenvalue weighted by Crippen LogP contribution is 2.38. The summed E-state index contributed by atoms with van der Waals surface area (Å²) >= 11 is 0. The van der Waals surface area contributed by atoms with Gasteiger partial charge in [0.15, 0.2) is 5.78 Å². The first-order valence-electron chi connectivity index (χ1n) is 6.83. The minimum Gasteiger partial charge on any atom is -0.480 e. The van der Waals surface area contributed by atoms with Gasteiger partial charge in [-0.15, -0.1) is 10.2 Å². The van der Waals surface area contributed by atoms with E-state index in [1.807, 2.05) is 0 Å². The van der Waals surface area contributed by atoms with Crippen molar-refractivity contribution in [2.75, 3.05) is 14.2 Å². The molecule has 0 radical (unpaired) electrons. The average molecular weight is 261 g/mol. The standard InChI is InChI=1S/C14H19N3O2/c1-17-10-3-4-11(17)8-9(7-10)14(18)12-5-6-13(19-2)16-15-12/h5-6,9-11H,3-4,7-8H2,1-2H3. The number of fused-ring (bicyclic) bond motifs is 2. The van der Waals surface area contributed by atoms with Gasteiger partial charge < -0.3 is 9.64 Å². The van der Waals surface area contributed by atoms with Crippen LogP contribution in [0.3, 0.4) is 0 Å². The van der Waals surface area contributed by atoms with Gasteiger partial charge in [-0.1, -0.05) is 0 Å². The Hall–Kier alpha value is -1.49. The summed E-state index contributed by atoms with van der Waals surface area (Å²) in [5.74, 6) is 0.691. The molecular weight excluding hydrogens is 242 g/mol. The first-order valence-corrected chi connectivity index (χ1v) is 6.83. The number of nitrogens with zero attached hydrogens (tertiary/aromatic N) is 3. The molecule has 5 heteroatoms. The van der Waals surface area contributed by atoms with Crippen LogP contribution < -0.4 is 4.74 Å². The summed E-state index contributed by atoms with van der Waals surface area (Å²) in [4.78, 5) is 14.9. The Morgan fingerprint density at radius 3 is 2.47 bits per heavy atom. The van der Waals surface area contributed by atoms with Gasteiger partial charge in [-0.25, -0.2) is 0 Å². The fourth-order valence-corrected chi connectivity index (χ4v) is 3.40. The number of piperidine rings is 1. The number of ether oxygens (including phenoxy) is 1. The van der Waals surface area contributed by atoms with Gasteiger partial charge >= 0.3 is 0 Å². The van der Waals surface area contributed by atoms with Gasteiger partial charge in [-0.05, 0) is 38.8 Å². The zero-order chi connectivity index (χ0) is 13.4. The van der Waals surface area contributed by atoms with Gasteiger partial charge in [0.1, 0.15) is 5.69 Å². The van der Waals surface area contributed by atoms with E-state index < -0.39 is 0 Å². The molecule has 2 aliphatic rings. The molecule has 2 atom stereocenters. The number of carbonyl (C=O) groups is 1. The Balaban J connectivity index is 1.73. The summed E-state index contributed by atoms with van der Waals surface area (Å²) in [7, 11) is 3.72. The van der Waals surface area contributed by atoms with Crippen molar-refractivity contribution in [1.82, 2.24) is 15.1 Å². The molecule has 2 unspecified atom stereocenters. The third-order valence-corrected chi connectivity index (χ3v) is 4.57. The molecule has 102 valence electrons. The third kappa shape index (κ3) is 2.23. The number of ketones is 1. The first kappa shape index (κ1) is 12.5. The van der Waals surface area contributed by atoms with Crippen LogP contribution in [0.2, 0.25) is 0 Å². The van der Waals surface area contributed by atoms with Crippen molar-refractivity contribution >= 4 is 5.78 Å². The molecule has 0 aromatic carbocycles. The summed E-state index contributed by atoms with van der Waals surface area (Å²) in [5, 5.41) is 7.85. The molecule has 19 heavy (non-hydrogen) atoms. The molecule has 5 nitrogen and oxygen atoms in total. The molecule has 0 saturated carbocycles. The maximum atomic E-state index is 12.5. The zero-order valence-electron chi connectivity index (χ0n) is 11.4. The lowest BCUT2D eigenvalue weighted by Crippen LogP contribution is -2.42. The van der Waals surface area contributed by atoms with Crippen molar-refractivity contribution in [3.8, 4) is 5.88 Å². The summed E-state index contributed by atoms with van der Waals surface area (Å²) < 4.78 is 4.96. The topological polar surface area (TPSA) is 55.3 Å². The number of hydrogen-bond acceptors (Lipinski definition) is 5. The Morgan fingerprint density at radius 2 is 1.95 bits per heavy atom. The molecular formula is C14H19N3O2. The lowest BCUT2D eigenvalue weighted by Gasteiger charge is -2.35. The first-order chi connectivity index (χ1) is 9.19. The second-order valence-corrected chi connectivity index (χ2v) is 5.54. The smallest absolute Gasteiger partial charge is 0.233 e. The summed E-state index contributed by atoms with van der Waals surface area (Å²) in [6, 6.07) is 4.55. The van der Waals surface area contributed by atoms with E-state index in [-0.39, 0.29) is 11.7 Å². The van der Waals surface area contributed by atoms with Crippen molar-refractivity contribution < 1.29 is 9.53 Å². The Kier molecular flexibility index (Phi) is 3.22. The second kappa shape index (κ2) is 4.89. The SMILES string of the molecule is COc1ccc(C(=O)C2CC3CCC(C2)N3C)nn1. The molecule has 2 saturated heterocycles. The molecule has 0 N–H and O–H groups in total. The summed E-state index contributed by atoms with van der Waals surface area (Å²) in [6.07, 6.45) is 4.36. The van der Waals surface area contributed by atoms with E-state index in [0.717, 1.165) is 12.8 Å². The van der Waals surface area contributed by atoms with E-state index in [2.05, 4.69) is 22.1 Å². The van der Waals surface area contributed by atoms with Crippen LogP contribution in [0.4, 0.5) is 0 Å². The molecule has 2 bridgehead atoms. The maximum absolute atomic E-state index is 12.5. The third-order valence-electron chi connectivity index (χ3n) is 4.57. The molecule has 2 aliphatic heterocycles. The predicted molar refractivity (Wildman–Crippen MR) is 70.2 cm³/mol. The Labute approximate surface area is 113 Å². The average Bonchev–Trinajstić information content (AvgIpc) is 2.68. The molecule has 0 spiro atoms. The fourth-order valence-electron chi connectivity index (χ4n) is 3.40. The van der Waals surface area contributed by atoms with Crippen molar-refractivity contribution in [2.45, 2.75) is 37.8 Å². The number of Topliss-reactive ketones (excluding diaryl/α,β-unsaturated/α-hetero) is 1. The molecule has 1 aromatic rings. The van der Waals surface area contributed by atoms with Crippen molar-refractivity contribution in [2.24, 2.45) is 5.92 Å². The highest BCUT2D eigenvalue weighted by molar-refractivity contribution is 5.96. The molecule has 0 amide bonds. The van der Waals surface area contributed by atoms with Crippen LogP contribution in [0.1, 0.15) is 36.2 Å². The number of carbonyl (C=O) groups excluding carboxylic acids is 1. The van der Waals surface area contributed by atoms with Crippen LogP contribution in [-0.4, -0.2) is 47.1 Å². The second-order valence-electron chi connectivity index (χ2n) is 5.54. The lowest BCUT2D eigenvalue weighted by molar-refractivity contribution is 0.0761. The van der Waals surface area contributed by atoms with Gasteiger partial charge in [0.2, 0.25) is 5.88 Å². The van der Waals surface area contributed by atoms with Gasteiger partial charge in [-0.3, -0.25) is 4.79 Å². The Morgan fingerprint density at radius 1 is 1.26 bits per heavy atom.